The molecule has 6 heteroatoms. The van der Waals surface area contributed by atoms with Crippen LogP contribution in [0.3, 0.4) is 0 Å². The van der Waals surface area contributed by atoms with Crippen molar-refractivity contribution in [3.63, 3.8) is 0 Å². The highest BCUT2D eigenvalue weighted by atomic mass is 19.1. The number of hydrogen-bond acceptors (Lipinski definition) is 3. The lowest BCUT2D eigenvalue weighted by molar-refractivity contribution is -0.133. The van der Waals surface area contributed by atoms with Gasteiger partial charge in [0.05, 0.1) is 0 Å². The van der Waals surface area contributed by atoms with Gasteiger partial charge in [0.2, 0.25) is 5.91 Å². The molecule has 1 aliphatic heterocycles. The van der Waals surface area contributed by atoms with Crippen LogP contribution in [0.4, 0.5) is 4.39 Å². The van der Waals surface area contributed by atoms with Crippen molar-refractivity contribution in [2.24, 2.45) is 5.92 Å². The Hall–Kier alpha value is -2.50. The van der Waals surface area contributed by atoms with Gasteiger partial charge in [0, 0.05) is 25.5 Å². The van der Waals surface area contributed by atoms with E-state index in [1.54, 1.807) is 12.3 Å². The zero-order chi connectivity index (χ0) is 17.6. The minimum atomic E-state index is -0.402. The van der Waals surface area contributed by atoms with E-state index in [0.29, 0.717) is 5.92 Å². The molecule has 0 radical (unpaired) electrons. The van der Waals surface area contributed by atoms with E-state index in [-0.39, 0.29) is 18.3 Å². The van der Waals surface area contributed by atoms with Crippen LogP contribution in [0.5, 0.6) is 0 Å². The minimum Gasteiger partial charge on any atom is -0.341 e. The summed E-state index contributed by atoms with van der Waals surface area (Å²) < 4.78 is 14.3. The first-order chi connectivity index (χ1) is 12.1. The quantitative estimate of drug-likeness (QED) is 0.837. The number of nitrogens with zero attached hydrogens (tertiary/aromatic N) is 3. The maximum atomic E-state index is 13.0. The number of likely N-dealkylation sites (tertiary alicyclic amines) is 1. The number of carbonyl (C=O) groups excluding carboxylic acids is 1. The number of halogens is 1. The van der Waals surface area contributed by atoms with Gasteiger partial charge in [0.15, 0.2) is 0 Å². The SMILES string of the molecule is O=C(Cn1cccnc1=O)N1CCC[C@H](CCc2ccc(F)cc2)C1. The van der Waals surface area contributed by atoms with E-state index in [9.17, 15) is 14.0 Å². The molecule has 2 heterocycles. The highest BCUT2D eigenvalue weighted by Gasteiger charge is 2.23. The first-order valence-corrected chi connectivity index (χ1v) is 8.65. The molecule has 1 atom stereocenters. The Kier molecular flexibility index (Phi) is 5.58. The highest BCUT2D eigenvalue weighted by molar-refractivity contribution is 5.76. The average molecular weight is 343 g/mol. The normalized spacial score (nSPS) is 17.5. The minimum absolute atomic E-state index is 0.0390. The van der Waals surface area contributed by atoms with Crippen LogP contribution in [0.2, 0.25) is 0 Å². The third-order valence-electron chi connectivity index (χ3n) is 4.71. The molecule has 0 bridgehead atoms. The average Bonchev–Trinajstić information content (AvgIpc) is 2.63. The second-order valence-corrected chi connectivity index (χ2v) is 6.54. The fourth-order valence-corrected chi connectivity index (χ4v) is 3.30. The lowest BCUT2D eigenvalue weighted by Gasteiger charge is -2.33. The third-order valence-corrected chi connectivity index (χ3v) is 4.71. The van der Waals surface area contributed by atoms with Gasteiger partial charge in [-0.05, 0) is 55.4 Å². The van der Waals surface area contributed by atoms with Gasteiger partial charge in [-0.15, -0.1) is 0 Å². The van der Waals surface area contributed by atoms with Gasteiger partial charge in [-0.25, -0.2) is 14.2 Å². The van der Waals surface area contributed by atoms with Crippen LogP contribution in [-0.4, -0.2) is 33.4 Å². The van der Waals surface area contributed by atoms with Crippen molar-refractivity contribution in [1.82, 2.24) is 14.5 Å². The van der Waals surface area contributed by atoms with Gasteiger partial charge < -0.3 is 4.90 Å². The molecule has 5 nitrogen and oxygen atoms in total. The zero-order valence-corrected chi connectivity index (χ0v) is 14.1. The molecule has 0 N–H and O–H groups in total. The number of rotatable bonds is 5. The lowest BCUT2D eigenvalue weighted by atomic mass is 9.91. The van der Waals surface area contributed by atoms with Crippen molar-refractivity contribution in [2.45, 2.75) is 32.2 Å². The number of aryl methyl sites for hydroxylation is 1. The Morgan fingerprint density at radius 1 is 1.28 bits per heavy atom. The monoisotopic (exact) mass is 343 g/mol. The molecule has 1 amide bonds. The molecular formula is C19H22FN3O2. The Labute approximate surface area is 146 Å². The van der Waals surface area contributed by atoms with E-state index < -0.39 is 5.69 Å². The summed E-state index contributed by atoms with van der Waals surface area (Å²) >= 11 is 0. The summed E-state index contributed by atoms with van der Waals surface area (Å²) in [5.74, 6) is 0.179. The molecule has 0 spiro atoms. The molecule has 1 fully saturated rings. The van der Waals surface area contributed by atoms with Gasteiger partial charge in [-0.1, -0.05) is 12.1 Å². The summed E-state index contributed by atoms with van der Waals surface area (Å²) in [6.07, 6.45) is 6.94. The molecule has 0 unspecified atom stereocenters. The van der Waals surface area contributed by atoms with Crippen molar-refractivity contribution >= 4 is 5.91 Å². The van der Waals surface area contributed by atoms with E-state index in [0.717, 1.165) is 44.3 Å². The number of aromatic nitrogens is 2. The molecule has 25 heavy (non-hydrogen) atoms. The van der Waals surface area contributed by atoms with Crippen molar-refractivity contribution < 1.29 is 9.18 Å². The molecule has 1 aromatic carbocycles. The van der Waals surface area contributed by atoms with Gasteiger partial charge in [-0.2, -0.15) is 0 Å². The number of hydrogen-bond donors (Lipinski definition) is 0. The van der Waals surface area contributed by atoms with E-state index >= 15 is 0 Å². The Morgan fingerprint density at radius 3 is 2.84 bits per heavy atom. The number of benzene rings is 1. The summed E-state index contributed by atoms with van der Waals surface area (Å²) in [5.41, 5.74) is 0.715. The van der Waals surface area contributed by atoms with Crippen molar-refractivity contribution in [3.05, 3.63) is 64.6 Å². The largest absolute Gasteiger partial charge is 0.347 e. The molecule has 2 aromatic rings. The summed E-state index contributed by atoms with van der Waals surface area (Å²) in [6.45, 7) is 1.49. The molecule has 1 aliphatic rings. The molecule has 1 saturated heterocycles. The molecule has 0 saturated carbocycles. The van der Waals surface area contributed by atoms with Crippen LogP contribution in [0.15, 0.2) is 47.5 Å². The predicted octanol–water partition coefficient (Wildman–Crippen LogP) is 2.25. The van der Waals surface area contributed by atoms with Crippen LogP contribution in [-0.2, 0) is 17.8 Å². The van der Waals surface area contributed by atoms with Crippen LogP contribution in [0.25, 0.3) is 0 Å². The van der Waals surface area contributed by atoms with Crippen LogP contribution in [0, 0.1) is 11.7 Å². The maximum Gasteiger partial charge on any atom is 0.347 e. The van der Waals surface area contributed by atoms with Crippen molar-refractivity contribution in [1.29, 1.82) is 0 Å². The van der Waals surface area contributed by atoms with Crippen molar-refractivity contribution in [3.8, 4) is 0 Å². The Morgan fingerprint density at radius 2 is 2.08 bits per heavy atom. The standard InChI is InChI=1S/C19H22FN3O2/c20-17-8-6-15(7-9-17)4-5-16-3-1-11-22(13-16)18(24)14-23-12-2-10-21-19(23)25/h2,6-10,12,16H,1,3-5,11,13-14H2/t16-/m1/s1. The zero-order valence-electron chi connectivity index (χ0n) is 14.1. The summed E-state index contributed by atoms with van der Waals surface area (Å²) in [7, 11) is 0. The maximum absolute atomic E-state index is 13.0. The summed E-state index contributed by atoms with van der Waals surface area (Å²) in [4.78, 5) is 29.6. The second kappa shape index (κ2) is 8.05. The molecule has 0 aliphatic carbocycles. The van der Waals surface area contributed by atoms with E-state index in [1.807, 2.05) is 17.0 Å². The topological polar surface area (TPSA) is 55.2 Å². The third kappa shape index (κ3) is 4.75. The van der Waals surface area contributed by atoms with Gasteiger partial charge >= 0.3 is 5.69 Å². The lowest BCUT2D eigenvalue weighted by Crippen LogP contribution is -2.43. The number of amides is 1. The van der Waals surface area contributed by atoms with Crippen molar-refractivity contribution in [2.75, 3.05) is 13.1 Å². The van der Waals surface area contributed by atoms with Gasteiger partial charge in [0.25, 0.3) is 0 Å². The fraction of sp³-hybridized carbons (Fsp3) is 0.421. The van der Waals surface area contributed by atoms with E-state index in [2.05, 4.69) is 4.98 Å². The smallest absolute Gasteiger partial charge is 0.341 e. The highest BCUT2D eigenvalue weighted by Crippen LogP contribution is 2.22. The second-order valence-electron chi connectivity index (χ2n) is 6.54. The predicted molar refractivity (Wildman–Crippen MR) is 92.5 cm³/mol. The van der Waals surface area contributed by atoms with Crippen LogP contribution in [0.1, 0.15) is 24.8 Å². The van der Waals surface area contributed by atoms with E-state index in [4.69, 9.17) is 0 Å². The Bertz CT molecular complexity index is 773. The first kappa shape index (κ1) is 17.3. The van der Waals surface area contributed by atoms with Crippen LogP contribution < -0.4 is 5.69 Å². The van der Waals surface area contributed by atoms with Gasteiger partial charge in [0.1, 0.15) is 12.4 Å². The molecule has 1 aromatic heterocycles. The Balaban J connectivity index is 1.53. The van der Waals surface area contributed by atoms with Gasteiger partial charge in [-0.3, -0.25) is 9.36 Å². The first-order valence-electron chi connectivity index (χ1n) is 8.65. The summed E-state index contributed by atoms with van der Waals surface area (Å²) in [5, 5.41) is 0. The molecule has 132 valence electrons. The fourth-order valence-electron chi connectivity index (χ4n) is 3.30. The number of carbonyl (C=O) groups is 1. The molecular weight excluding hydrogens is 321 g/mol. The van der Waals surface area contributed by atoms with E-state index in [1.165, 1.54) is 22.9 Å². The number of piperidine rings is 1. The summed E-state index contributed by atoms with van der Waals surface area (Å²) in [6, 6.07) is 8.25. The molecule has 3 rings (SSSR count). The van der Waals surface area contributed by atoms with Crippen LogP contribution >= 0.6 is 0 Å².